The Morgan fingerprint density at radius 3 is 2.83 bits per heavy atom. The van der Waals surface area contributed by atoms with Crippen LogP contribution in [0.5, 0.6) is 0 Å². The van der Waals surface area contributed by atoms with E-state index in [0.29, 0.717) is 35.2 Å². The van der Waals surface area contributed by atoms with Gasteiger partial charge in [0.1, 0.15) is 5.69 Å². The van der Waals surface area contributed by atoms with Gasteiger partial charge in [-0.05, 0) is 43.7 Å². The molecule has 1 atom stereocenters. The van der Waals surface area contributed by atoms with E-state index in [4.69, 9.17) is 0 Å². The smallest absolute Gasteiger partial charge is 0.255 e. The summed E-state index contributed by atoms with van der Waals surface area (Å²) in [7, 11) is 0. The quantitative estimate of drug-likeness (QED) is 0.848. The van der Waals surface area contributed by atoms with Crippen LogP contribution < -0.4 is 10.9 Å². The van der Waals surface area contributed by atoms with Crippen molar-refractivity contribution in [2.24, 2.45) is 11.8 Å². The molecule has 6 nitrogen and oxygen atoms in total. The number of carbonyl (C=O) groups is 1. The topological polar surface area (TPSA) is 87.7 Å². The normalized spacial score (nSPS) is 15.1. The third-order valence-electron chi connectivity index (χ3n) is 4.52. The third-order valence-corrected chi connectivity index (χ3v) is 4.52. The molecule has 2 aromatic heterocycles. The maximum absolute atomic E-state index is 12.3. The first kappa shape index (κ1) is 16.4. The molecule has 1 amide bonds. The van der Waals surface area contributed by atoms with E-state index < -0.39 is 0 Å². The van der Waals surface area contributed by atoms with Crippen molar-refractivity contribution in [3.63, 3.8) is 0 Å². The third kappa shape index (κ3) is 3.88. The van der Waals surface area contributed by atoms with Crippen LogP contribution in [-0.4, -0.2) is 27.4 Å². The van der Waals surface area contributed by atoms with E-state index in [0.717, 1.165) is 5.92 Å². The lowest BCUT2D eigenvalue weighted by Crippen LogP contribution is -2.32. The Kier molecular flexibility index (Phi) is 4.74. The number of pyridine rings is 1. The van der Waals surface area contributed by atoms with Gasteiger partial charge in [0.05, 0.1) is 6.42 Å². The molecule has 0 aliphatic heterocycles. The minimum Gasteiger partial charge on any atom is -0.356 e. The van der Waals surface area contributed by atoms with E-state index in [1.165, 1.54) is 12.8 Å². The van der Waals surface area contributed by atoms with Crippen molar-refractivity contribution in [2.45, 2.75) is 33.1 Å². The highest BCUT2D eigenvalue weighted by atomic mass is 16.2. The zero-order valence-corrected chi connectivity index (χ0v) is 14.0. The van der Waals surface area contributed by atoms with Gasteiger partial charge in [0.15, 0.2) is 5.82 Å². The molecule has 1 fully saturated rings. The minimum absolute atomic E-state index is 0.0497. The van der Waals surface area contributed by atoms with Crippen molar-refractivity contribution < 1.29 is 4.79 Å². The van der Waals surface area contributed by atoms with Crippen LogP contribution in [0.2, 0.25) is 0 Å². The fourth-order valence-electron chi connectivity index (χ4n) is 2.77. The van der Waals surface area contributed by atoms with Gasteiger partial charge in [0.25, 0.3) is 5.56 Å². The van der Waals surface area contributed by atoms with Gasteiger partial charge in [-0.1, -0.05) is 13.0 Å². The van der Waals surface area contributed by atoms with Gasteiger partial charge in [-0.2, -0.15) is 0 Å². The van der Waals surface area contributed by atoms with E-state index in [2.05, 4.69) is 27.2 Å². The lowest BCUT2D eigenvalue weighted by Gasteiger charge is -2.12. The largest absolute Gasteiger partial charge is 0.356 e. The van der Waals surface area contributed by atoms with Crippen molar-refractivity contribution in [2.75, 3.05) is 6.54 Å². The minimum atomic E-state index is -0.284. The summed E-state index contributed by atoms with van der Waals surface area (Å²) in [6.07, 6.45) is 4.21. The molecule has 1 saturated carbocycles. The molecule has 0 saturated heterocycles. The Balaban J connectivity index is 1.69. The molecule has 2 N–H and O–H groups in total. The molecule has 1 aliphatic carbocycles. The highest BCUT2D eigenvalue weighted by Crippen LogP contribution is 2.36. The average Bonchev–Trinajstić information content (AvgIpc) is 3.41. The van der Waals surface area contributed by atoms with Crippen molar-refractivity contribution in [1.82, 2.24) is 20.3 Å². The number of H-pyrrole nitrogens is 1. The number of aryl methyl sites for hydroxylation is 1. The highest BCUT2D eigenvalue weighted by molar-refractivity contribution is 5.78. The van der Waals surface area contributed by atoms with Crippen LogP contribution in [0.3, 0.4) is 0 Å². The average molecular weight is 326 g/mol. The predicted molar refractivity (Wildman–Crippen MR) is 91.4 cm³/mol. The second kappa shape index (κ2) is 6.95. The number of nitrogens with one attached hydrogen (secondary N) is 2. The summed E-state index contributed by atoms with van der Waals surface area (Å²) in [6.45, 7) is 4.57. The van der Waals surface area contributed by atoms with Crippen molar-refractivity contribution in [3.05, 3.63) is 46.0 Å². The highest BCUT2D eigenvalue weighted by Gasteiger charge is 2.27. The van der Waals surface area contributed by atoms with Crippen LogP contribution in [0.1, 0.15) is 31.0 Å². The molecule has 2 heterocycles. The van der Waals surface area contributed by atoms with E-state index in [1.54, 1.807) is 25.3 Å². The Morgan fingerprint density at radius 2 is 2.21 bits per heavy atom. The molecule has 2 aromatic rings. The van der Waals surface area contributed by atoms with Crippen LogP contribution in [0, 0.1) is 18.8 Å². The standard InChI is InChI=1S/C18H22N4O2/c1-11(13-6-7-13)10-20-16(23)9-14-12(2)21-17(22-18(14)24)15-5-3-4-8-19-15/h3-5,8,11,13H,6-7,9-10H2,1-2H3,(H,20,23)(H,21,22,24)/t11-/m0/s1. The summed E-state index contributed by atoms with van der Waals surface area (Å²) in [5.41, 5.74) is 1.29. The van der Waals surface area contributed by atoms with Crippen LogP contribution in [0.4, 0.5) is 0 Å². The second-order valence-electron chi connectivity index (χ2n) is 6.49. The zero-order chi connectivity index (χ0) is 17.1. The summed E-state index contributed by atoms with van der Waals surface area (Å²) in [5.74, 6) is 1.53. The number of nitrogens with zero attached hydrogens (tertiary/aromatic N) is 2. The summed E-state index contributed by atoms with van der Waals surface area (Å²) < 4.78 is 0. The van der Waals surface area contributed by atoms with Gasteiger partial charge >= 0.3 is 0 Å². The van der Waals surface area contributed by atoms with E-state index in [9.17, 15) is 9.59 Å². The summed E-state index contributed by atoms with van der Waals surface area (Å²) in [6, 6.07) is 5.42. The number of aromatic amines is 1. The van der Waals surface area contributed by atoms with Gasteiger partial charge in [-0.25, -0.2) is 4.98 Å². The molecule has 0 unspecified atom stereocenters. The summed E-state index contributed by atoms with van der Waals surface area (Å²) in [5, 5.41) is 2.92. The Morgan fingerprint density at radius 1 is 1.42 bits per heavy atom. The second-order valence-corrected chi connectivity index (χ2v) is 6.49. The van der Waals surface area contributed by atoms with Crippen molar-refractivity contribution in [1.29, 1.82) is 0 Å². The summed E-state index contributed by atoms with van der Waals surface area (Å²) in [4.78, 5) is 35.7. The van der Waals surface area contributed by atoms with Crippen molar-refractivity contribution >= 4 is 5.91 Å². The van der Waals surface area contributed by atoms with Gasteiger partial charge in [-0.3, -0.25) is 14.6 Å². The molecule has 1 aliphatic rings. The molecule has 0 radical (unpaired) electrons. The molecule has 6 heteroatoms. The molecular weight excluding hydrogens is 304 g/mol. The van der Waals surface area contributed by atoms with Crippen LogP contribution in [-0.2, 0) is 11.2 Å². The zero-order valence-electron chi connectivity index (χ0n) is 14.0. The fraction of sp³-hybridized carbons (Fsp3) is 0.444. The summed E-state index contributed by atoms with van der Waals surface area (Å²) >= 11 is 0. The molecular formula is C18H22N4O2. The molecule has 0 aromatic carbocycles. The lowest BCUT2D eigenvalue weighted by atomic mass is 10.1. The Hall–Kier alpha value is -2.50. The first-order valence-electron chi connectivity index (χ1n) is 8.32. The number of amides is 1. The number of carbonyl (C=O) groups excluding carboxylic acids is 1. The molecule has 3 rings (SSSR count). The predicted octanol–water partition coefficient (Wildman–Crippen LogP) is 1.85. The Labute approximate surface area is 140 Å². The van der Waals surface area contributed by atoms with Crippen LogP contribution in [0.25, 0.3) is 11.5 Å². The van der Waals surface area contributed by atoms with Gasteiger partial charge in [0, 0.05) is 24.0 Å². The first-order chi connectivity index (χ1) is 11.5. The maximum atomic E-state index is 12.3. The van der Waals surface area contributed by atoms with E-state index in [1.807, 2.05) is 6.07 Å². The number of rotatable bonds is 6. The van der Waals surface area contributed by atoms with Gasteiger partial charge in [0.2, 0.25) is 5.91 Å². The molecule has 0 spiro atoms. The molecule has 24 heavy (non-hydrogen) atoms. The van der Waals surface area contributed by atoms with Crippen molar-refractivity contribution in [3.8, 4) is 11.5 Å². The lowest BCUT2D eigenvalue weighted by molar-refractivity contribution is -0.120. The van der Waals surface area contributed by atoms with Gasteiger partial charge in [-0.15, -0.1) is 0 Å². The Bertz CT molecular complexity index is 781. The van der Waals surface area contributed by atoms with Gasteiger partial charge < -0.3 is 10.3 Å². The maximum Gasteiger partial charge on any atom is 0.255 e. The molecule has 126 valence electrons. The monoisotopic (exact) mass is 326 g/mol. The number of hydrogen-bond acceptors (Lipinski definition) is 4. The van der Waals surface area contributed by atoms with E-state index in [-0.39, 0.29) is 17.9 Å². The SMILES string of the molecule is Cc1nc(-c2ccccn2)[nH]c(=O)c1CC(=O)NC[C@H](C)C1CC1. The van der Waals surface area contributed by atoms with Crippen LogP contribution in [0.15, 0.2) is 29.2 Å². The first-order valence-corrected chi connectivity index (χ1v) is 8.32. The molecule has 0 bridgehead atoms. The number of hydrogen-bond donors (Lipinski definition) is 2. The van der Waals surface area contributed by atoms with E-state index >= 15 is 0 Å². The van der Waals surface area contributed by atoms with Crippen LogP contribution >= 0.6 is 0 Å². The fourth-order valence-corrected chi connectivity index (χ4v) is 2.77. The number of aromatic nitrogens is 3.